The van der Waals surface area contributed by atoms with Gasteiger partial charge in [-0.3, -0.25) is 29.3 Å². The number of aliphatic hydroxyl groups is 1. The summed E-state index contributed by atoms with van der Waals surface area (Å²) < 4.78 is 35.0. The number of amides is 8. The van der Waals surface area contributed by atoms with Crippen LogP contribution in [0.2, 0.25) is 9.30 Å². The summed E-state index contributed by atoms with van der Waals surface area (Å²) in [5.74, 6) is -4.24. The van der Waals surface area contributed by atoms with Gasteiger partial charge in [0.2, 0.25) is 23.6 Å². The molecule has 3 fully saturated rings. The zero-order valence-electron chi connectivity index (χ0n) is 57.2. The Balaban J connectivity index is 1.23. The molecule has 522 valence electrons. The number of ketones is 1. The molecule has 8 amide bonds. The molecule has 25 nitrogen and oxygen atoms in total. The Morgan fingerprint density at radius 2 is 1.66 bits per heavy atom. The number of primary amides is 1. The number of hydrogen-bond donors (Lipinski definition) is 7. The Morgan fingerprint density at radius 1 is 0.958 bits per heavy atom. The summed E-state index contributed by atoms with van der Waals surface area (Å²) in [5.41, 5.74) is 4.80. The van der Waals surface area contributed by atoms with Crippen LogP contribution in [0.3, 0.4) is 0 Å². The SMILES string of the molecule is CCCC[C]([Al])(CCC)C(=O)CCCCC(=O)N[C@H](C(=O)N[C@@H](CCCNC(N)=O)C(=O)Nc1ccc(C(=O)N(C)[C@@H](C)C(=O)O[C@H]2CC(=O)N(C)c3cc(cc(OC)c3Cl)C/C(C)=C/C=C/[C@@H](OC)[C@@]3(O)C[C@H](OC(=O)N3)[C@@H](C)[C@@H]3O[C@@]23C)cc1N1CCOCC1)C(C)C. The van der Waals surface area contributed by atoms with Crippen LogP contribution in [0, 0.1) is 11.8 Å². The molecule has 95 heavy (non-hydrogen) atoms. The van der Waals surface area contributed by atoms with Gasteiger partial charge in [0.1, 0.15) is 74.9 Å². The van der Waals surface area contributed by atoms with Crippen LogP contribution in [-0.2, 0) is 58.9 Å². The highest BCUT2D eigenvalue weighted by Crippen LogP contribution is 2.49. The first kappa shape index (κ1) is 77.2. The number of carbonyl (C=O) groups excluding carboxylic acids is 9. The summed E-state index contributed by atoms with van der Waals surface area (Å²) >= 11 is 9.69. The Labute approximate surface area is 571 Å². The van der Waals surface area contributed by atoms with E-state index in [0.717, 1.165) is 43.2 Å². The topological polar surface area (TPSA) is 328 Å². The van der Waals surface area contributed by atoms with Crippen LogP contribution in [0.4, 0.5) is 26.7 Å². The zero-order valence-corrected chi connectivity index (χ0v) is 59.1. The van der Waals surface area contributed by atoms with Crippen LogP contribution in [0.1, 0.15) is 155 Å². The maximum atomic E-state index is 14.7. The maximum Gasteiger partial charge on any atom is 0.409 e. The lowest BCUT2D eigenvalue weighted by Crippen LogP contribution is -2.63. The van der Waals surface area contributed by atoms with Crippen molar-refractivity contribution < 1.29 is 76.7 Å². The van der Waals surface area contributed by atoms with Gasteiger partial charge in [0.05, 0.1) is 49.9 Å². The molecule has 8 N–H and O–H groups in total. The van der Waals surface area contributed by atoms with Crippen LogP contribution >= 0.6 is 11.6 Å². The van der Waals surface area contributed by atoms with Crippen LogP contribution in [0.25, 0.3) is 0 Å². The van der Waals surface area contributed by atoms with Crippen LogP contribution < -0.4 is 46.9 Å². The molecule has 0 spiro atoms. The van der Waals surface area contributed by atoms with Gasteiger partial charge >= 0.3 is 18.1 Å². The molecule has 4 bridgehead atoms. The van der Waals surface area contributed by atoms with Crippen molar-refractivity contribution in [3.8, 4) is 5.75 Å². The Kier molecular flexibility index (Phi) is 28.4. The van der Waals surface area contributed by atoms with Crippen molar-refractivity contribution in [3.63, 3.8) is 0 Å². The van der Waals surface area contributed by atoms with Crippen LogP contribution in [-0.4, -0.2) is 195 Å². The number of esters is 1. The van der Waals surface area contributed by atoms with E-state index in [2.05, 4.69) is 56.7 Å². The van der Waals surface area contributed by atoms with Gasteiger partial charge in [-0.2, -0.15) is 0 Å². The van der Waals surface area contributed by atoms with E-state index in [1.165, 1.54) is 51.1 Å². The van der Waals surface area contributed by atoms with E-state index in [9.17, 15) is 48.3 Å². The van der Waals surface area contributed by atoms with Crippen molar-refractivity contribution in [3.05, 3.63) is 70.3 Å². The molecule has 4 aliphatic rings. The second kappa shape index (κ2) is 34.9. The van der Waals surface area contributed by atoms with E-state index in [1.807, 2.05) is 17.9 Å². The van der Waals surface area contributed by atoms with Gasteiger partial charge in [-0.15, -0.1) is 0 Å². The molecule has 0 saturated carbocycles. The number of likely N-dealkylation sites (N-methyl/N-ethyl adjacent to an activating group) is 1. The number of anilines is 3. The summed E-state index contributed by atoms with van der Waals surface area (Å²) in [5, 5.41) is 25.8. The number of benzene rings is 2. The lowest BCUT2D eigenvalue weighted by atomic mass is 9.83. The molecular weight excluding hydrogens is 1260 g/mol. The van der Waals surface area contributed by atoms with Crippen molar-refractivity contribution in [2.75, 3.05) is 76.3 Å². The van der Waals surface area contributed by atoms with Crippen molar-refractivity contribution in [1.82, 2.24) is 26.2 Å². The van der Waals surface area contributed by atoms with Crippen molar-refractivity contribution in [2.24, 2.45) is 17.6 Å². The van der Waals surface area contributed by atoms with Crippen LogP contribution in [0.15, 0.2) is 54.1 Å². The van der Waals surface area contributed by atoms with E-state index < -0.39 is 118 Å². The second-order valence-corrected chi connectivity index (χ2v) is 27.5. The average Bonchev–Trinajstić information content (AvgIpc) is 1.58. The molecule has 0 aliphatic carbocycles. The van der Waals surface area contributed by atoms with Crippen molar-refractivity contribution >= 4 is 98.4 Å². The molecule has 1 unspecified atom stereocenters. The number of morpholine rings is 1. The summed E-state index contributed by atoms with van der Waals surface area (Å²) in [7, 11) is 5.82. The number of hydrogen-bond acceptors (Lipinski definition) is 17. The summed E-state index contributed by atoms with van der Waals surface area (Å²) in [4.78, 5) is 129. The smallest absolute Gasteiger partial charge is 0.409 e. The number of alkyl carbamates (subject to hydrolysis) is 1. The normalized spacial score (nSPS) is 24.7. The van der Waals surface area contributed by atoms with Gasteiger partial charge in [0.25, 0.3) is 5.91 Å². The molecule has 2 radical (unpaired) electrons. The molecule has 2 aromatic rings. The minimum Gasteiger partial charge on any atom is -0.495 e. The van der Waals surface area contributed by atoms with Gasteiger partial charge in [0, 0.05) is 71.6 Å². The first-order valence-corrected chi connectivity index (χ1v) is 34.0. The Morgan fingerprint density at radius 3 is 2.32 bits per heavy atom. The monoisotopic (exact) mass is 1360 g/mol. The fraction of sp³-hybridized carbons (Fsp3) is 0.632. The fourth-order valence-corrected chi connectivity index (χ4v) is 13.4. The largest absolute Gasteiger partial charge is 0.495 e. The van der Waals surface area contributed by atoms with Crippen molar-refractivity contribution in [2.45, 2.75) is 203 Å². The zero-order chi connectivity index (χ0) is 70.1. The molecule has 3 saturated heterocycles. The molecule has 2 aromatic carbocycles. The lowest BCUT2D eigenvalue weighted by molar-refractivity contribution is -0.158. The third kappa shape index (κ3) is 20.4. The Bertz CT molecular complexity index is 3150. The highest BCUT2D eigenvalue weighted by Gasteiger charge is 2.64. The standard InChI is InChI=1S/C68H99ClN9O16.Al/c1-13-15-22-45(20-14-2)51(79)24-16-17-26-56(80)74-59(40(3)4)62(83)73-48(23-19-29-71-65(70)86)61(82)72-47-28-27-46(37-49(47)78-30-32-91-33-31-78)63(84)76(9)43(7)64(85)93-55-38-57(81)77(10)50-35-44(36-52(89-11)58(50)69)34-41(5)21-18-25-54(90-12)68(88)39-53(92-66(87)75-68)42(6)60-67(55,8)94-60;/h18,21,25,27-28,35-37,40,42-43,48,53-55,59-60,88H,13-17,19-20,22-24,26,29-34,38-39H2,1-12H3,(H,72,82)(H,73,83)(H,74,80)(H,75,87)(H3,70,71,86);/b25-18+,41-21+;/t42-,43+,48+,53+,54-,55+,59+,60+,67+,68+;/m1./s1. The van der Waals surface area contributed by atoms with Crippen molar-refractivity contribution in [1.29, 1.82) is 0 Å². The highest BCUT2D eigenvalue weighted by atomic mass is 35.5. The summed E-state index contributed by atoms with van der Waals surface area (Å²) in [6, 6.07) is 3.84. The number of urea groups is 1. The molecule has 6 rings (SSSR count). The van der Waals surface area contributed by atoms with Crippen LogP contribution in [0.5, 0.6) is 5.75 Å². The number of carbonyl (C=O) groups is 9. The number of nitrogens with one attached hydrogen (secondary N) is 5. The lowest BCUT2D eigenvalue weighted by Gasteiger charge is -2.42. The number of fused-ring (bicyclic) bond motifs is 5. The average molecular weight is 1360 g/mol. The number of Topliss-reactive ketones (excluding diaryl/α,β-unsaturated/α-hetero) is 1. The predicted octanol–water partition coefficient (Wildman–Crippen LogP) is 7.12. The van der Waals surface area contributed by atoms with Gasteiger partial charge < -0.3 is 80.0 Å². The quantitative estimate of drug-likeness (QED) is 0.0193. The number of epoxide rings is 1. The van der Waals surface area contributed by atoms with E-state index >= 15 is 0 Å². The number of unbranched alkanes of at least 4 members (excludes halogenated alkanes) is 2. The first-order chi connectivity index (χ1) is 44.9. The first-order valence-electron chi connectivity index (χ1n) is 33.0. The van der Waals surface area contributed by atoms with E-state index in [1.54, 1.807) is 64.1 Å². The van der Waals surface area contributed by atoms with Gasteiger partial charge in [0.15, 0.2) is 5.72 Å². The molecular formula is C68H99AlClN9O16. The molecule has 0 aromatic heterocycles. The second-order valence-electron chi connectivity index (χ2n) is 26.1. The third-order valence-electron chi connectivity index (χ3n) is 18.5. The van der Waals surface area contributed by atoms with Gasteiger partial charge in [-0.05, 0) is 99.0 Å². The van der Waals surface area contributed by atoms with E-state index in [4.69, 9.17) is 45.8 Å². The number of nitrogens with two attached hydrogens (primary N) is 1. The highest BCUT2D eigenvalue weighted by molar-refractivity contribution is 6.35. The van der Waals surface area contributed by atoms with Gasteiger partial charge in [-0.1, -0.05) is 102 Å². The minimum absolute atomic E-state index is 0.0392. The predicted molar refractivity (Wildman–Crippen MR) is 360 cm³/mol. The molecule has 27 heteroatoms. The Hall–Kier alpha value is -6.79. The number of allylic oxidation sites excluding steroid dienone is 3. The van der Waals surface area contributed by atoms with E-state index in [-0.39, 0.29) is 60.2 Å². The number of nitrogens with zero attached hydrogens (tertiary/aromatic N) is 3. The summed E-state index contributed by atoms with van der Waals surface area (Å²) in [6.45, 7) is 15.9. The molecule has 11 atom stereocenters. The number of ether oxygens (including phenoxy) is 6. The third-order valence-corrected chi connectivity index (χ3v) is 19.7. The van der Waals surface area contributed by atoms with E-state index in [0.29, 0.717) is 69.1 Å². The van der Waals surface area contributed by atoms with Gasteiger partial charge in [-0.25, -0.2) is 14.4 Å². The fourth-order valence-electron chi connectivity index (χ4n) is 12.4. The maximum absolute atomic E-state index is 14.7. The summed E-state index contributed by atoms with van der Waals surface area (Å²) in [6.07, 6.45) is 6.01. The number of methoxy groups -OCH3 is 2. The molecule has 4 heterocycles. The number of halogens is 1. The molecule has 4 aliphatic heterocycles. The minimum atomic E-state index is -1.92. The number of rotatable bonds is 28.